The lowest BCUT2D eigenvalue weighted by molar-refractivity contribution is -0.138. The van der Waals surface area contributed by atoms with Gasteiger partial charge >= 0.3 is 6.18 Å². The first-order valence-corrected chi connectivity index (χ1v) is 13.8. The van der Waals surface area contributed by atoms with Crippen LogP contribution in [0, 0.1) is 0 Å². The summed E-state index contributed by atoms with van der Waals surface area (Å²) in [4.78, 5) is 19.9. The molecule has 0 saturated heterocycles. The molecule has 1 aliphatic rings. The SMILES string of the molecule is O=C(NCc1cccc2ccccc12)c1ccccc1-c1cnc2c(c1)N(Cc1cc(Cl)ccc1C(F)(F)F)CCN2. The standard InChI is InChI=1S/C33H26ClF3N4O/c34-25-12-13-29(33(35,36)37)24(16-25)20-41-15-14-38-31-30(41)17-23(19-39-31)27-10-3-4-11-28(27)32(42)40-18-22-8-5-7-21-6-1-2-9-26(21)22/h1-13,16-17,19H,14-15,18,20H2,(H,38,39)(H,40,42). The fourth-order valence-electron chi connectivity index (χ4n) is 5.40. The molecule has 42 heavy (non-hydrogen) atoms. The number of alkyl halides is 3. The maximum atomic E-state index is 13.8. The van der Waals surface area contributed by atoms with E-state index in [0.717, 1.165) is 22.4 Å². The molecule has 0 fully saturated rings. The molecule has 9 heteroatoms. The molecule has 0 bridgehead atoms. The first kappa shape index (κ1) is 27.6. The molecular formula is C33H26ClF3N4O. The van der Waals surface area contributed by atoms with Crippen molar-refractivity contribution in [2.45, 2.75) is 19.3 Å². The summed E-state index contributed by atoms with van der Waals surface area (Å²) < 4.78 is 41.3. The number of nitrogens with zero attached hydrogens (tertiary/aromatic N) is 2. The topological polar surface area (TPSA) is 57.3 Å². The van der Waals surface area contributed by atoms with Crippen LogP contribution < -0.4 is 15.5 Å². The Morgan fingerprint density at radius 1 is 0.952 bits per heavy atom. The van der Waals surface area contributed by atoms with Gasteiger partial charge in [-0.1, -0.05) is 72.3 Å². The molecule has 1 aromatic heterocycles. The van der Waals surface area contributed by atoms with Gasteiger partial charge < -0.3 is 15.5 Å². The third-order valence-corrected chi connectivity index (χ3v) is 7.65. The van der Waals surface area contributed by atoms with Gasteiger partial charge in [0.25, 0.3) is 5.91 Å². The highest BCUT2D eigenvalue weighted by atomic mass is 35.5. The van der Waals surface area contributed by atoms with Crippen LogP contribution in [0.5, 0.6) is 0 Å². The molecule has 1 amide bonds. The third kappa shape index (κ3) is 5.63. The maximum Gasteiger partial charge on any atom is 0.416 e. The zero-order valence-electron chi connectivity index (χ0n) is 22.4. The van der Waals surface area contributed by atoms with Crippen LogP contribution in [0.4, 0.5) is 24.7 Å². The Morgan fingerprint density at radius 2 is 1.74 bits per heavy atom. The molecule has 1 aliphatic heterocycles. The minimum atomic E-state index is -4.50. The monoisotopic (exact) mass is 586 g/mol. The number of carbonyl (C=O) groups excluding carboxylic acids is 1. The molecule has 6 rings (SSSR count). The van der Waals surface area contributed by atoms with E-state index in [0.29, 0.717) is 47.8 Å². The normalized spacial score (nSPS) is 13.0. The molecule has 212 valence electrons. The summed E-state index contributed by atoms with van der Waals surface area (Å²) in [6, 6.07) is 26.7. The molecule has 5 aromatic rings. The minimum Gasteiger partial charge on any atom is -0.367 e. The number of rotatable bonds is 6. The predicted octanol–water partition coefficient (Wildman–Crippen LogP) is 7.94. The lowest BCUT2D eigenvalue weighted by Gasteiger charge is -2.32. The Morgan fingerprint density at radius 3 is 2.60 bits per heavy atom. The second kappa shape index (κ2) is 11.4. The van der Waals surface area contributed by atoms with Gasteiger partial charge in [-0.25, -0.2) is 4.98 Å². The Bertz CT molecular complexity index is 1780. The lowest BCUT2D eigenvalue weighted by atomic mass is 9.99. The van der Waals surface area contributed by atoms with Crippen molar-refractivity contribution in [3.05, 3.63) is 124 Å². The molecule has 0 unspecified atom stereocenters. The third-order valence-electron chi connectivity index (χ3n) is 7.42. The summed E-state index contributed by atoms with van der Waals surface area (Å²) >= 11 is 6.08. The van der Waals surface area contributed by atoms with E-state index in [1.807, 2.05) is 65.6 Å². The number of amides is 1. The van der Waals surface area contributed by atoms with Gasteiger partial charge in [0.05, 0.1) is 11.3 Å². The van der Waals surface area contributed by atoms with Gasteiger partial charge in [0.1, 0.15) is 5.82 Å². The highest BCUT2D eigenvalue weighted by molar-refractivity contribution is 6.30. The zero-order chi connectivity index (χ0) is 29.3. The number of pyridine rings is 1. The summed E-state index contributed by atoms with van der Waals surface area (Å²) in [7, 11) is 0. The Hall–Kier alpha value is -4.56. The van der Waals surface area contributed by atoms with Crippen LogP contribution >= 0.6 is 11.6 Å². The number of hydrogen-bond acceptors (Lipinski definition) is 4. The van der Waals surface area contributed by atoms with E-state index in [-0.39, 0.29) is 23.0 Å². The summed E-state index contributed by atoms with van der Waals surface area (Å²) in [6.45, 7) is 1.35. The number of anilines is 2. The van der Waals surface area contributed by atoms with E-state index in [1.54, 1.807) is 18.3 Å². The fraction of sp³-hybridized carbons (Fsp3) is 0.152. The molecule has 0 atom stereocenters. The van der Waals surface area contributed by atoms with Crippen LogP contribution in [0.1, 0.15) is 27.0 Å². The van der Waals surface area contributed by atoms with Crippen molar-refractivity contribution in [2.24, 2.45) is 0 Å². The zero-order valence-corrected chi connectivity index (χ0v) is 23.1. The van der Waals surface area contributed by atoms with Crippen molar-refractivity contribution in [2.75, 3.05) is 23.3 Å². The number of nitrogens with one attached hydrogen (secondary N) is 2. The average Bonchev–Trinajstić information content (AvgIpc) is 2.99. The van der Waals surface area contributed by atoms with E-state index >= 15 is 0 Å². The second-order valence-electron chi connectivity index (χ2n) is 10.1. The van der Waals surface area contributed by atoms with Crippen molar-refractivity contribution in [1.29, 1.82) is 0 Å². The lowest BCUT2D eigenvalue weighted by Crippen LogP contribution is -2.34. The highest BCUT2D eigenvalue weighted by Crippen LogP contribution is 2.37. The van der Waals surface area contributed by atoms with Gasteiger partial charge in [-0.2, -0.15) is 13.2 Å². The van der Waals surface area contributed by atoms with Gasteiger partial charge in [-0.15, -0.1) is 0 Å². The van der Waals surface area contributed by atoms with Crippen molar-refractivity contribution in [3.63, 3.8) is 0 Å². The molecule has 0 radical (unpaired) electrons. The van der Waals surface area contributed by atoms with Crippen LogP contribution in [-0.4, -0.2) is 24.0 Å². The van der Waals surface area contributed by atoms with E-state index in [4.69, 9.17) is 11.6 Å². The molecule has 2 heterocycles. The number of fused-ring (bicyclic) bond motifs is 2. The van der Waals surface area contributed by atoms with E-state index in [1.165, 1.54) is 12.1 Å². The Labute approximate surface area is 246 Å². The molecule has 0 saturated carbocycles. The number of aromatic nitrogens is 1. The maximum absolute atomic E-state index is 13.8. The molecule has 2 N–H and O–H groups in total. The quantitative estimate of drug-likeness (QED) is 0.212. The number of benzene rings is 4. The summed E-state index contributed by atoms with van der Waals surface area (Å²) in [5.41, 5.74) is 2.86. The van der Waals surface area contributed by atoms with Gasteiger partial charge in [0.2, 0.25) is 0 Å². The number of halogens is 4. The summed E-state index contributed by atoms with van der Waals surface area (Å²) in [6.07, 6.45) is -2.83. The van der Waals surface area contributed by atoms with Crippen LogP contribution in [0.2, 0.25) is 5.02 Å². The Balaban J connectivity index is 1.29. The van der Waals surface area contributed by atoms with Crippen molar-refractivity contribution in [1.82, 2.24) is 10.3 Å². The smallest absolute Gasteiger partial charge is 0.367 e. The number of hydrogen-bond donors (Lipinski definition) is 2. The predicted molar refractivity (Wildman–Crippen MR) is 161 cm³/mol. The molecular weight excluding hydrogens is 561 g/mol. The molecule has 5 nitrogen and oxygen atoms in total. The molecule has 4 aromatic carbocycles. The van der Waals surface area contributed by atoms with Gasteiger partial charge in [0.15, 0.2) is 0 Å². The first-order valence-electron chi connectivity index (χ1n) is 13.5. The van der Waals surface area contributed by atoms with Crippen LogP contribution in [0.15, 0.2) is 97.2 Å². The summed E-state index contributed by atoms with van der Waals surface area (Å²) in [5.74, 6) is 0.332. The minimum absolute atomic E-state index is 0.00236. The van der Waals surface area contributed by atoms with Gasteiger partial charge in [-0.05, 0) is 57.8 Å². The van der Waals surface area contributed by atoms with Gasteiger partial charge in [0, 0.05) is 48.5 Å². The van der Waals surface area contributed by atoms with Crippen molar-refractivity contribution >= 4 is 39.8 Å². The van der Waals surface area contributed by atoms with Crippen LogP contribution in [0.25, 0.3) is 21.9 Å². The Kier molecular flexibility index (Phi) is 7.47. The van der Waals surface area contributed by atoms with Crippen LogP contribution in [-0.2, 0) is 19.3 Å². The summed E-state index contributed by atoms with van der Waals surface area (Å²) in [5, 5.41) is 8.69. The molecule has 0 spiro atoms. The first-order chi connectivity index (χ1) is 20.3. The van der Waals surface area contributed by atoms with Crippen LogP contribution in [0.3, 0.4) is 0 Å². The average molecular weight is 587 g/mol. The number of carbonyl (C=O) groups is 1. The largest absolute Gasteiger partial charge is 0.416 e. The van der Waals surface area contributed by atoms with Gasteiger partial charge in [-0.3, -0.25) is 4.79 Å². The highest BCUT2D eigenvalue weighted by Gasteiger charge is 2.34. The molecule has 0 aliphatic carbocycles. The van der Waals surface area contributed by atoms with E-state index in [9.17, 15) is 18.0 Å². The van der Waals surface area contributed by atoms with E-state index in [2.05, 4.69) is 15.6 Å². The van der Waals surface area contributed by atoms with Crippen molar-refractivity contribution < 1.29 is 18.0 Å². The fourth-order valence-corrected chi connectivity index (χ4v) is 5.59. The second-order valence-corrected chi connectivity index (χ2v) is 10.5. The van der Waals surface area contributed by atoms with Crippen molar-refractivity contribution in [3.8, 4) is 11.1 Å². The van der Waals surface area contributed by atoms with E-state index < -0.39 is 11.7 Å².